The summed E-state index contributed by atoms with van der Waals surface area (Å²) in [6, 6.07) is -0.175. The van der Waals surface area contributed by atoms with Crippen molar-refractivity contribution in [2.24, 2.45) is 0 Å². The molecule has 0 radical (unpaired) electrons. The van der Waals surface area contributed by atoms with Gasteiger partial charge in [0, 0.05) is 31.0 Å². The number of H-pyrrole nitrogens is 1. The second-order valence-corrected chi connectivity index (χ2v) is 8.59. The van der Waals surface area contributed by atoms with E-state index in [4.69, 9.17) is 0 Å². The average molecular weight is 488 g/mol. The van der Waals surface area contributed by atoms with Crippen LogP contribution >= 0.6 is 0 Å². The molecule has 3 amide bonds. The molecule has 35 heavy (non-hydrogen) atoms. The van der Waals surface area contributed by atoms with E-state index in [1.54, 1.807) is 36.8 Å². The monoisotopic (exact) mass is 488 g/mol. The van der Waals surface area contributed by atoms with Crippen LogP contribution in [0.3, 0.4) is 0 Å². The molecule has 0 aromatic carbocycles. The maximum atomic E-state index is 13.4. The van der Waals surface area contributed by atoms with Crippen LogP contribution in [-0.4, -0.2) is 74.3 Å². The van der Waals surface area contributed by atoms with E-state index in [2.05, 4.69) is 30.7 Å². The number of anilines is 1. The molecule has 1 unspecified atom stereocenters. The Kier molecular flexibility index (Phi) is 5.61. The lowest BCUT2D eigenvalue weighted by molar-refractivity contribution is -0.158. The van der Waals surface area contributed by atoms with Gasteiger partial charge in [-0.3, -0.25) is 20.1 Å². The standard InChI is InChI=1S/C22H23F3N8O2/c1-12(22(23,24)25)29-20(34)16-2-3-17-19(30-16)33(15-5-7-32(17)11-15)21(35)31-18-8-13(4-6-26-18)14-9-27-28-10-14/h2-4,6,8-10,12,15-16,30H,5,7,11H2,1H3,(H,27,28)(H,29,34)(H,26,31,35)/t12-,15+,16?/m1/s1. The number of halogens is 3. The van der Waals surface area contributed by atoms with E-state index in [-0.39, 0.29) is 6.04 Å². The fourth-order valence-electron chi connectivity index (χ4n) is 4.40. The number of nitrogens with one attached hydrogen (secondary N) is 4. The van der Waals surface area contributed by atoms with Gasteiger partial charge in [0.2, 0.25) is 5.91 Å². The van der Waals surface area contributed by atoms with E-state index >= 15 is 0 Å². The van der Waals surface area contributed by atoms with E-state index in [0.29, 0.717) is 30.3 Å². The Hall–Kier alpha value is -4.03. The highest BCUT2D eigenvalue weighted by Gasteiger charge is 2.43. The van der Waals surface area contributed by atoms with Crippen LogP contribution in [0.25, 0.3) is 11.1 Å². The van der Waals surface area contributed by atoms with Gasteiger partial charge in [-0.25, -0.2) is 9.78 Å². The van der Waals surface area contributed by atoms with Crippen LogP contribution in [-0.2, 0) is 4.79 Å². The van der Waals surface area contributed by atoms with Gasteiger partial charge in [-0.1, -0.05) is 6.08 Å². The predicted molar refractivity (Wildman–Crippen MR) is 119 cm³/mol. The van der Waals surface area contributed by atoms with Crippen LogP contribution < -0.4 is 16.0 Å². The number of amides is 3. The first-order chi connectivity index (χ1) is 16.7. The van der Waals surface area contributed by atoms with Gasteiger partial charge < -0.3 is 15.5 Å². The Labute approximate surface area is 198 Å². The van der Waals surface area contributed by atoms with Crippen molar-refractivity contribution in [3.05, 3.63) is 54.4 Å². The van der Waals surface area contributed by atoms with Gasteiger partial charge in [0.05, 0.1) is 17.9 Å². The van der Waals surface area contributed by atoms with Crippen LogP contribution in [0.2, 0.25) is 0 Å². The molecular weight excluding hydrogens is 465 g/mol. The van der Waals surface area contributed by atoms with Crippen molar-refractivity contribution in [2.45, 2.75) is 37.6 Å². The number of carbonyl (C=O) groups is 2. The first kappa shape index (κ1) is 22.7. The maximum absolute atomic E-state index is 13.4. The summed E-state index contributed by atoms with van der Waals surface area (Å²) in [7, 11) is 0. The van der Waals surface area contributed by atoms with Crippen LogP contribution in [0.5, 0.6) is 0 Å². The average Bonchev–Trinajstić information content (AvgIpc) is 3.50. The van der Waals surface area contributed by atoms with Crippen LogP contribution in [0.1, 0.15) is 13.3 Å². The van der Waals surface area contributed by atoms with Crippen LogP contribution in [0.4, 0.5) is 23.8 Å². The number of aromatic nitrogens is 3. The van der Waals surface area contributed by atoms with Gasteiger partial charge in [0.1, 0.15) is 23.7 Å². The number of carbonyl (C=O) groups excluding carboxylic acids is 2. The molecule has 3 aliphatic heterocycles. The van der Waals surface area contributed by atoms with E-state index in [0.717, 1.165) is 24.6 Å². The van der Waals surface area contributed by atoms with E-state index in [9.17, 15) is 22.8 Å². The highest BCUT2D eigenvalue weighted by Crippen LogP contribution is 2.34. The minimum absolute atomic E-state index is 0.164. The third-order valence-electron chi connectivity index (χ3n) is 6.27. The molecule has 0 spiro atoms. The molecule has 13 heteroatoms. The van der Waals surface area contributed by atoms with E-state index in [1.165, 1.54) is 11.0 Å². The first-order valence-corrected chi connectivity index (χ1v) is 11.1. The zero-order valence-corrected chi connectivity index (χ0v) is 18.6. The van der Waals surface area contributed by atoms with Gasteiger partial charge in [-0.05, 0) is 37.1 Å². The zero-order valence-electron chi connectivity index (χ0n) is 18.6. The second kappa shape index (κ2) is 8.64. The lowest BCUT2D eigenvalue weighted by atomic mass is 10.1. The van der Waals surface area contributed by atoms with Crippen molar-refractivity contribution >= 4 is 17.8 Å². The normalized spacial score (nSPS) is 21.9. The summed E-state index contributed by atoms with van der Waals surface area (Å²) < 4.78 is 38.7. The van der Waals surface area contributed by atoms with Crippen molar-refractivity contribution < 1.29 is 22.8 Å². The summed E-state index contributed by atoms with van der Waals surface area (Å²) in [6.07, 6.45) is 4.27. The number of nitrogens with zero attached hydrogens (tertiary/aromatic N) is 4. The predicted octanol–water partition coefficient (Wildman–Crippen LogP) is 2.16. The summed E-state index contributed by atoms with van der Waals surface area (Å²) in [6.45, 7) is 2.21. The number of urea groups is 1. The first-order valence-electron chi connectivity index (χ1n) is 11.1. The molecule has 1 saturated heterocycles. The topological polar surface area (TPSA) is 118 Å². The number of allylic oxidation sites excluding steroid dienone is 1. The molecule has 5 rings (SSSR count). The Morgan fingerprint density at radius 1 is 1.29 bits per heavy atom. The Morgan fingerprint density at radius 2 is 2.11 bits per heavy atom. The fraction of sp³-hybridized carbons (Fsp3) is 0.364. The molecule has 5 heterocycles. The summed E-state index contributed by atoms with van der Waals surface area (Å²) >= 11 is 0. The lowest BCUT2D eigenvalue weighted by Gasteiger charge is -2.41. The summed E-state index contributed by atoms with van der Waals surface area (Å²) in [5, 5.41) is 14.4. The molecular formula is C22H23F3N8O2. The molecule has 184 valence electrons. The van der Waals surface area contributed by atoms with Gasteiger partial charge in [0.15, 0.2) is 0 Å². The van der Waals surface area contributed by atoms with Gasteiger partial charge >= 0.3 is 12.2 Å². The van der Waals surface area contributed by atoms with Crippen LogP contribution in [0.15, 0.2) is 54.4 Å². The van der Waals surface area contributed by atoms with E-state index in [1.807, 2.05) is 5.32 Å². The summed E-state index contributed by atoms with van der Waals surface area (Å²) in [4.78, 5) is 33.8. The Balaban J connectivity index is 1.35. The third-order valence-corrected chi connectivity index (χ3v) is 6.27. The smallest absolute Gasteiger partial charge is 0.366 e. The zero-order chi connectivity index (χ0) is 24.7. The Bertz CT molecular complexity index is 1190. The number of dihydropyridines is 1. The fourth-order valence-corrected chi connectivity index (χ4v) is 4.40. The van der Waals surface area contributed by atoms with Crippen molar-refractivity contribution in [1.29, 1.82) is 0 Å². The number of rotatable bonds is 4. The third kappa shape index (κ3) is 4.40. The van der Waals surface area contributed by atoms with Crippen LogP contribution in [0, 0.1) is 0 Å². The second-order valence-electron chi connectivity index (χ2n) is 8.59. The summed E-state index contributed by atoms with van der Waals surface area (Å²) in [5.41, 5.74) is 2.35. The highest BCUT2D eigenvalue weighted by atomic mass is 19.4. The van der Waals surface area contributed by atoms with Crippen molar-refractivity contribution in [3.8, 4) is 11.1 Å². The summed E-state index contributed by atoms with van der Waals surface area (Å²) in [5.74, 6) is -0.124. The minimum Gasteiger partial charge on any atom is -0.366 e. The lowest BCUT2D eigenvalue weighted by Crippen LogP contribution is -2.57. The highest BCUT2D eigenvalue weighted by molar-refractivity contribution is 5.91. The number of fused-ring (bicyclic) bond motifs is 3. The molecule has 0 saturated carbocycles. The minimum atomic E-state index is -4.56. The van der Waals surface area contributed by atoms with Crippen molar-refractivity contribution in [3.63, 3.8) is 0 Å². The molecule has 2 aromatic heterocycles. The largest absolute Gasteiger partial charge is 0.408 e. The number of hydrogen-bond donors (Lipinski definition) is 4. The van der Waals surface area contributed by atoms with E-state index < -0.39 is 30.2 Å². The van der Waals surface area contributed by atoms with Crippen molar-refractivity contribution in [1.82, 2.24) is 35.6 Å². The molecule has 4 N–H and O–H groups in total. The molecule has 2 bridgehead atoms. The SMILES string of the molecule is C[C@@H](NC(=O)C1C=CC2=C(N1)N(C(=O)Nc1cc(-c3cn[nH]c3)ccn1)[C@H]1CCN2C1)C(F)(F)F. The molecule has 2 aromatic rings. The van der Waals surface area contributed by atoms with Crippen molar-refractivity contribution in [2.75, 3.05) is 18.4 Å². The maximum Gasteiger partial charge on any atom is 0.408 e. The number of alkyl halides is 3. The molecule has 10 nitrogen and oxygen atoms in total. The number of aromatic amines is 1. The van der Waals surface area contributed by atoms with Gasteiger partial charge in [0.25, 0.3) is 0 Å². The molecule has 3 aliphatic rings. The Morgan fingerprint density at radius 3 is 2.86 bits per heavy atom. The van der Waals surface area contributed by atoms with Gasteiger partial charge in [-0.15, -0.1) is 0 Å². The molecule has 0 aliphatic carbocycles. The quantitative estimate of drug-likeness (QED) is 0.524. The number of hydrogen-bond acceptors (Lipinski definition) is 6. The van der Waals surface area contributed by atoms with Gasteiger partial charge in [-0.2, -0.15) is 18.3 Å². The molecule has 1 fully saturated rings. The number of pyridine rings is 1. The molecule has 3 atom stereocenters.